The molecule has 0 N–H and O–H groups in total. The Morgan fingerprint density at radius 1 is 0.794 bits per heavy atom. The van der Waals surface area contributed by atoms with E-state index in [0.717, 1.165) is 0 Å². The lowest BCUT2D eigenvalue weighted by molar-refractivity contribution is -0.163. The van der Waals surface area contributed by atoms with E-state index in [4.69, 9.17) is 9.47 Å². The van der Waals surface area contributed by atoms with Crippen LogP contribution in [0.5, 0.6) is 0 Å². The van der Waals surface area contributed by atoms with Crippen molar-refractivity contribution in [2.24, 2.45) is 5.92 Å². The molecule has 0 aliphatic rings. The Hall–Kier alpha value is -3.04. The number of benzene rings is 2. The van der Waals surface area contributed by atoms with E-state index in [0.29, 0.717) is 24.3 Å². The van der Waals surface area contributed by atoms with E-state index < -0.39 is 70.4 Å². The van der Waals surface area contributed by atoms with Gasteiger partial charge >= 0.3 is 11.9 Å². The molecular weight excluding hydrogens is 466 g/mol. The maximum Gasteiger partial charge on any atom is 0.309 e. The van der Waals surface area contributed by atoms with Gasteiger partial charge in [-0.15, -0.1) is 0 Å². The number of hydrogen-bond acceptors (Lipinski definition) is 4. The van der Waals surface area contributed by atoms with E-state index in [1.807, 2.05) is 0 Å². The molecule has 0 bridgehead atoms. The van der Waals surface area contributed by atoms with Crippen molar-refractivity contribution >= 4 is 11.9 Å². The van der Waals surface area contributed by atoms with E-state index in [1.165, 1.54) is 13.8 Å². The molecule has 2 rings (SSSR count). The van der Waals surface area contributed by atoms with Gasteiger partial charge in [0.15, 0.2) is 34.9 Å². The normalized spacial score (nSPS) is 13.5. The number of ether oxygens (including phenoxy) is 2. The van der Waals surface area contributed by atoms with Gasteiger partial charge in [0.05, 0.1) is 12.3 Å². The molecule has 186 valence electrons. The van der Waals surface area contributed by atoms with Crippen LogP contribution in [0.3, 0.4) is 0 Å². The molecule has 0 fully saturated rings. The zero-order valence-corrected chi connectivity index (χ0v) is 19.1. The summed E-state index contributed by atoms with van der Waals surface area (Å²) >= 11 is 0. The zero-order chi connectivity index (χ0) is 26.0. The third kappa shape index (κ3) is 6.74. The van der Waals surface area contributed by atoms with Crippen LogP contribution >= 0.6 is 0 Å². The number of carbonyl (C=O) groups excluding carboxylic acids is 2. The van der Waals surface area contributed by atoms with E-state index >= 15 is 0 Å². The molecule has 0 spiro atoms. The summed E-state index contributed by atoms with van der Waals surface area (Å²) in [5.41, 5.74) is -1.42. The van der Waals surface area contributed by atoms with Gasteiger partial charge in [0.1, 0.15) is 11.7 Å². The van der Waals surface area contributed by atoms with E-state index in [9.17, 15) is 35.9 Å². The molecule has 2 aromatic rings. The zero-order valence-electron chi connectivity index (χ0n) is 19.1. The van der Waals surface area contributed by atoms with Crippen molar-refractivity contribution < 1.29 is 45.4 Å². The first-order valence-electron chi connectivity index (χ1n) is 10.3. The highest BCUT2D eigenvalue weighted by Crippen LogP contribution is 2.34. The minimum absolute atomic E-state index is 0.318. The first kappa shape index (κ1) is 27.2. The molecule has 0 amide bonds. The minimum Gasteiger partial charge on any atom is -0.461 e. The van der Waals surface area contributed by atoms with Crippen molar-refractivity contribution in [2.75, 3.05) is 0 Å². The summed E-state index contributed by atoms with van der Waals surface area (Å²) in [6, 6.07) is 2.32. The van der Waals surface area contributed by atoms with Gasteiger partial charge in [0, 0.05) is 5.92 Å². The van der Waals surface area contributed by atoms with Crippen LogP contribution in [0.15, 0.2) is 24.3 Å². The predicted octanol–water partition coefficient (Wildman–Crippen LogP) is 5.95. The molecule has 0 saturated carbocycles. The van der Waals surface area contributed by atoms with Gasteiger partial charge in [-0.1, -0.05) is 6.92 Å². The third-order valence-corrected chi connectivity index (χ3v) is 4.80. The smallest absolute Gasteiger partial charge is 0.309 e. The molecular formula is C24H24F6O4. The van der Waals surface area contributed by atoms with Crippen molar-refractivity contribution in [3.8, 4) is 0 Å². The van der Waals surface area contributed by atoms with Crippen molar-refractivity contribution in [3.05, 3.63) is 70.3 Å². The summed E-state index contributed by atoms with van der Waals surface area (Å²) in [5.74, 6) is -13.9. The monoisotopic (exact) mass is 490 g/mol. The second kappa shape index (κ2) is 10.5. The summed E-state index contributed by atoms with van der Waals surface area (Å²) in [6.07, 6.45) is -1.66. The Morgan fingerprint density at radius 2 is 1.18 bits per heavy atom. The number of rotatable bonds is 7. The molecule has 34 heavy (non-hydrogen) atoms. The summed E-state index contributed by atoms with van der Waals surface area (Å²) in [5, 5.41) is 0. The maximum atomic E-state index is 13.9. The fraction of sp³-hybridized carbons (Fsp3) is 0.417. The van der Waals surface area contributed by atoms with Crippen molar-refractivity contribution in [2.45, 2.75) is 58.7 Å². The van der Waals surface area contributed by atoms with Gasteiger partial charge in [0.2, 0.25) is 0 Å². The number of esters is 2. The lowest BCUT2D eigenvalue weighted by Gasteiger charge is -2.27. The van der Waals surface area contributed by atoms with Gasteiger partial charge < -0.3 is 9.47 Å². The number of hydrogen-bond donors (Lipinski definition) is 0. The minimum atomic E-state index is -1.77. The lowest BCUT2D eigenvalue weighted by Crippen LogP contribution is -2.30. The van der Waals surface area contributed by atoms with Crippen LogP contribution in [0.4, 0.5) is 26.3 Å². The average molecular weight is 490 g/mol. The predicted molar refractivity (Wildman–Crippen MR) is 110 cm³/mol. The van der Waals surface area contributed by atoms with Gasteiger partial charge in [-0.3, -0.25) is 9.59 Å². The average Bonchev–Trinajstić information content (AvgIpc) is 2.68. The molecule has 0 aromatic heterocycles. The van der Waals surface area contributed by atoms with Gasteiger partial charge in [0.25, 0.3) is 0 Å². The standard InChI is InChI=1S/C24H24F6O4/c1-11(6-19(31)34-24(3,4)5)23(32)33-12(2)20(13-7-15(25)21(29)16(26)8-13)14-9-17(27)22(30)18(28)10-14/h7-12,20H,6H2,1-5H3/t11-,12+/m1/s1. The quantitative estimate of drug-likeness (QED) is 0.273. The Balaban J connectivity index is 2.38. The summed E-state index contributed by atoms with van der Waals surface area (Å²) in [7, 11) is 0. The van der Waals surface area contributed by atoms with E-state index in [2.05, 4.69) is 0 Å². The second-order valence-electron chi connectivity index (χ2n) is 8.91. The second-order valence-corrected chi connectivity index (χ2v) is 8.91. The van der Waals surface area contributed by atoms with Crippen molar-refractivity contribution in [1.82, 2.24) is 0 Å². The number of halogens is 6. The van der Waals surface area contributed by atoms with E-state index in [1.54, 1.807) is 20.8 Å². The first-order valence-corrected chi connectivity index (χ1v) is 10.3. The molecule has 4 nitrogen and oxygen atoms in total. The highest BCUT2D eigenvalue weighted by Gasteiger charge is 2.31. The van der Waals surface area contributed by atoms with Crippen molar-refractivity contribution in [3.63, 3.8) is 0 Å². The fourth-order valence-corrected chi connectivity index (χ4v) is 3.33. The molecule has 0 aliphatic carbocycles. The van der Waals surface area contributed by atoms with Crippen LogP contribution in [0.25, 0.3) is 0 Å². The van der Waals surface area contributed by atoms with Crippen LogP contribution in [0.2, 0.25) is 0 Å². The van der Waals surface area contributed by atoms with Crippen LogP contribution in [-0.2, 0) is 19.1 Å². The van der Waals surface area contributed by atoms with E-state index in [-0.39, 0.29) is 17.5 Å². The summed E-state index contributed by atoms with van der Waals surface area (Å²) in [6.45, 7) is 7.57. The van der Waals surface area contributed by atoms with Crippen molar-refractivity contribution in [1.29, 1.82) is 0 Å². The summed E-state index contributed by atoms with van der Waals surface area (Å²) < 4.78 is 92.9. The van der Waals surface area contributed by atoms with Crippen LogP contribution in [0, 0.1) is 40.8 Å². The Bertz CT molecular complexity index is 976. The highest BCUT2D eigenvalue weighted by atomic mass is 19.2. The SMILES string of the molecule is C[C@H](CC(=O)OC(C)(C)C)C(=O)O[C@@H](C)C(c1cc(F)c(F)c(F)c1)c1cc(F)c(F)c(F)c1. The molecule has 0 heterocycles. The number of carbonyl (C=O) groups is 2. The Morgan fingerprint density at radius 3 is 1.53 bits per heavy atom. The van der Waals surface area contributed by atoms with Crippen LogP contribution < -0.4 is 0 Å². The molecule has 0 radical (unpaired) electrons. The summed E-state index contributed by atoms with van der Waals surface area (Å²) in [4.78, 5) is 24.5. The highest BCUT2D eigenvalue weighted by molar-refractivity contribution is 5.80. The largest absolute Gasteiger partial charge is 0.461 e. The maximum absolute atomic E-state index is 13.9. The fourth-order valence-electron chi connectivity index (χ4n) is 3.33. The van der Waals surface area contributed by atoms with Crippen LogP contribution in [-0.4, -0.2) is 23.6 Å². The molecule has 10 heteroatoms. The topological polar surface area (TPSA) is 52.6 Å². The van der Waals surface area contributed by atoms with Gasteiger partial charge in [-0.25, -0.2) is 26.3 Å². The molecule has 0 saturated heterocycles. The molecule has 0 aliphatic heterocycles. The first-order chi connectivity index (χ1) is 15.6. The molecule has 0 unspecified atom stereocenters. The lowest BCUT2D eigenvalue weighted by atomic mass is 9.86. The third-order valence-electron chi connectivity index (χ3n) is 4.80. The van der Waals surface area contributed by atoms with Gasteiger partial charge in [-0.05, 0) is 63.1 Å². The Labute approximate surface area is 192 Å². The molecule has 2 atom stereocenters. The molecule has 2 aromatic carbocycles. The van der Waals surface area contributed by atoms with Gasteiger partial charge in [-0.2, -0.15) is 0 Å². The van der Waals surface area contributed by atoms with Crippen LogP contribution in [0.1, 0.15) is 58.1 Å². The Kier molecular flexibility index (Phi) is 8.39.